The van der Waals surface area contributed by atoms with Gasteiger partial charge in [0.15, 0.2) is 0 Å². The second-order valence-corrected chi connectivity index (χ2v) is 8.75. The molecule has 1 fully saturated rings. The maximum Gasteiger partial charge on any atom is 0.417 e. The smallest absolute Gasteiger partial charge is 0.323 e. The van der Waals surface area contributed by atoms with Crippen molar-refractivity contribution in [3.63, 3.8) is 0 Å². The van der Waals surface area contributed by atoms with Crippen LogP contribution in [-0.4, -0.2) is 52.5 Å². The van der Waals surface area contributed by atoms with Gasteiger partial charge in [0.25, 0.3) is 0 Å². The van der Waals surface area contributed by atoms with Gasteiger partial charge in [-0.05, 0) is 42.0 Å². The molecule has 3 heterocycles. The van der Waals surface area contributed by atoms with Crippen LogP contribution in [0.4, 0.5) is 18.0 Å². The Morgan fingerprint density at radius 3 is 2.48 bits per heavy atom. The average molecular weight is 430 g/mol. The van der Waals surface area contributed by atoms with Crippen LogP contribution in [0.1, 0.15) is 34.4 Å². The van der Waals surface area contributed by atoms with Crippen molar-refractivity contribution in [1.29, 1.82) is 0 Å². The highest BCUT2D eigenvalue weighted by molar-refractivity contribution is 5.75. The van der Waals surface area contributed by atoms with Gasteiger partial charge in [-0.3, -0.25) is 4.98 Å². The summed E-state index contributed by atoms with van der Waals surface area (Å²) in [7, 11) is 0. The molecular formula is C23H25F3N4O. The van der Waals surface area contributed by atoms with Gasteiger partial charge >= 0.3 is 12.2 Å². The molecule has 1 atom stereocenters. The molecule has 5 nitrogen and oxygen atoms in total. The largest absolute Gasteiger partial charge is 0.417 e. The molecule has 1 unspecified atom stereocenters. The molecule has 164 valence electrons. The number of urea groups is 1. The van der Waals surface area contributed by atoms with E-state index in [2.05, 4.69) is 34.6 Å². The fraction of sp³-hybridized carbons (Fsp3) is 0.478. The predicted octanol–water partition coefficient (Wildman–Crippen LogP) is 3.41. The van der Waals surface area contributed by atoms with E-state index >= 15 is 0 Å². The van der Waals surface area contributed by atoms with E-state index in [1.54, 1.807) is 4.90 Å². The van der Waals surface area contributed by atoms with E-state index in [1.807, 2.05) is 4.90 Å². The molecule has 1 N–H and O–H groups in total. The maximum atomic E-state index is 13.0. The fourth-order valence-corrected chi connectivity index (χ4v) is 5.02. The first kappa shape index (κ1) is 20.3. The molecule has 1 aliphatic carbocycles. The lowest BCUT2D eigenvalue weighted by molar-refractivity contribution is -0.137. The number of rotatable bonds is 2. The number of benzene rings is 1. The summed E-state index contributed by atoms with van der Waals surface area (Å²) in [5.41, 5.74) is 3.17. The summed E-state index contributed by atoms with van der Waals surface area (Å²) >= 11 is 0. The lowest BCUT2D eigenvalue weighted by Gasteiger charge is -2.32. The molecule has 0 bridgehead atoms. The number of likely N-dealkylation sites (tertiary alicyclic amines) is 1. The second-order valence-electron chi connectivity index (χ2n) is 8.75. The SMILES string of the molecule is O=C(N1CCc2ncc(C(F)(F)F)cc2C1)N1CCC(NC2Cc3ccccc3C2)C1. The van der Waals surface area contributed by atoms with Crippen LogP contribution in [-0.2, 0) is 32.0 Å². The number of carbonyl (C=O) groups excluding carboxylic acids is 1. The third-order valence-corrected chi connectivity index (χ3v) is 6.62. The number of aromatic nitrogens is 1. The zero-order chi connectivity index (χ0) is 21.6. The highest BCUT2D eigenvalue weighted by Crippen LogP contribution is 2.31. The number of carbonyl (C=O) groups is 1. The van der Waals surface area contributed by atoms with Gasteiger partial charge in [0.05, 0.1) is 5.56 Å². The minimum atomic E-state index is -4.43. The minimum absolute atomic E-state index is 0.0953. The third-order valence-electron chi connectivity index (χ3n) is 6.62. The molecule has 8 heteroatoms. The zero-order valence-electron chi connectivity index (χ0n) is 17.2. The molecule has 2 aromatic rings. The minimum Gasteiger partial charge on any atom is -0.323 e. The Labute approximate surface area is 179 Å². The molecule has 0 saturated carbocycles. The Morgan fingerprint density at radius 1 is 1.03 bits per heavy atom. The van der Waals surface area contributed by atoms with E-state index in [9.17, 15) is 18.0 Å². The molecule has 31 heavy (non-hydrogen) atoms. The molecule has 2 amide bonds. The quantitative estimate of drug-likeness (QED) is 0.795. The van der Waals surface area contributed by atoms with Gasteiger partial charge in [0.2, 0.25) is 0 Å². The van der Waals surface area contributed by atoms with E-state index in [4.69, 9.17) is 0 Å². The molecule has 1 aromatic carbocycles. The van der Waals surface area contributed by atoms with Crippen LogP contribution in [0.2, 0.25) is 0 Å². The van der Waals surface area contributed by atoms with Gasteiger partial charge in [0, 0.05) is 56.6 Å². The predicted molar refractivity (Wildman–Crippen MR) is 110 cm³/mol. The molecule has 0 radical (unpaired) electrons. The topological polar surface area (TPSA) is 48.5 Å². The van der Waals surface area contributed by atoms with Crippen molar-refractivity contribution in [2.45, 2.75) is 50.5 Å². The summed E-state index contributed by atoms with van der Waals surface area (Å²) in [5, 5.41) is 3.70. The van der Waals surface area contributed by atoms with Crippen molar-refractivity contribution in [2.24, 2.45) is 0 Å². The van der Waals surface area contributed by atoms with Gasteiger partial charge in [-0.25, -0.2) is 4.79 Å². The zero-order valence-corrected chi connectivity index (χ0v) is 17.2. The highest BCUT2D eigenvalue weighted by atomic mass is 19.4. The van der Waals surface area contributed by atoms with Crippen LogP contribution < -0.4 is 5.32 Å². The van der Waals surface area contributed by atoms with Crippen LogP contribution in [0.3, 0.4) is 0 Å². The van der Waals surface area contributed by atoms with Gasteiger partial charge in [-0.15, -0.1) is 0 Å². The second kappa shape index (κ2) is 7.82. The molecule has 5 rings (SSSR count). The number of pyridine rings is 1. The number of hydrogen-bond donors (Lipinski definition) is 1. The number of nitrogens with one attached hydrogen (secondary N) is 1. The van der Waals surface area contributed by atoms with Crippen molar-refractivity contribution in [1.82, 2.24) is 20.1 Å². The Hall–Kier alpha value is -2.61. The van der Waals surface area contributed by atoms with Gasteiger partial charge < -0.3 is 15.1 Å². The Balaban J connectivity index is 1.18. The lowest BCUT2D eigenvalue weighted by atomic mass is 10.0. The summed E-state index contributed by atoms with van der Waals surface area (Å²) in [6.45, 7) is 1.96. The number of nitrogens with zero attached hydrogens (tertiary/aromatic N) is 3. The molecule has 2 aliphatic heterocycles. The van der Waals surface area contributed by atoms with Crippen molar-refractivity contribution < 1.29 is 18.0 Å². The number of halogens is 3. The van der Waals surface area contributed by atoms with Crippen LogP contribution in [0.15, 0.2) is 36.5 Å². The lowest BCUT2D eigenvalue weighted by Crippen LogP contribution is -2.46. The van der Waals surface area contributed by atoms with E-state index < -0.39 is 11.7 Å². The van der Waals surface area contributed by atoms with E-state index in [0.717, 1.165) is 31.5 Å². The van der Waals surface area contributed by atoms with Crippen LogP contribution >= 0.6 is 0 Å². The van der Waals surface area contributed by atoms with E-state index in [0.29, 0.717) is 43.4 Å². The number of amides is 2. The van der Waals surface area contributed by atoms with Crippen molar-refractivity contribution in [3.05, 3.63) is 64.5 Å². The van der Waals surface area contributed by atoms with E-state index in [1.165, 1.54) is 11.1 Å². The van der Waals surface area contributed by atoms with Crippen molar-refractivity contribution in [2.75, 3.05) is 19.6 Å². The normalized spacial score (nSPS) is 21.3. The van der Waals surface area contributed by atoms with Gasteiger partial charge in [0.1, 0.15) is 0 Å². The summed E-state index contributed by atoms with van der Waals surface area (Å²) < 4.78 is 39.1. The number of alkyl halides is 3. The summed E-state index contributed by atoms with van der Waals surface area (Å²) in [6.07, 6.45) is -0.148. The van der Waals surface area contributed by atoms with Crippen molar-refractivity contribution in [3.8, 4) is 0 Å². The Kier molecular flexibility index (Phi) is 5.12. The van der Waals surface area contributed by atoms with Gasteiger partial charge in [-0.2, -0.15) is 13.2 Å². The van der Waals surface area contributed by atoms with Crippen LogP contribution in [0, 0.1) is 0 Å². The molecule has 1 aromatic heterocycles. The Morgan fingerprint density at radius 2 is 1.77 bits per heavy atom. The first-order valence-electron chi connectivity index (χ1n) is 10.8. The monoisotopic (exact) mass is 430 g/mol. The standard InChI is InChI=1S/C23H25F3N4O/c24-23(25,26)18-9-17-13-29(8-6-21(17)27-12-18)22(31)30-7-5-19(14-30)28-20-10-15-3-1-2-4-16(15)11-20/h1-4,9,12,19-20,28H,5-8,10-11,13-14H2. The summed E-state index contributed by atoms with van der Waals surface area (Å²) in [5.74, 6) is 0. The third kappa shape index (κ3) is 4.13. The molecule has 1 saturated heterocycles. The van der Waals surface area contributed by atoms with E-state index in [-0.39, 0.29) is 18.6 Å². The number of hydrogen-bond acceptors (Lipinski definition) is 3. The summed E-state index contributed by atoms with van der Waals surface area (Å²) in [6, 6.07) is 10.2. The first-order chi connectivity index (χ1) is 14.9. The maximum absolute atomic E-state index is 13.0. The number of fused-ring (bicyclic) bond motifs is 2. The van der Waals surface area contributed by atoms with Gasteiger partial charge in [-0.1, -0.05) is 24.3 Å². The molecule has 3 aliphatic rings. The first-order valence-corrected chi connectivity index (χ1v) is 10.8. The highest BCUT2D eigenvalue weighted by Gasteiger charge is 2.35. The van der Waals surface area contributed by atoms with Crippen molar-refractivity contribution >= 4 is 6.03 Å². The summed E-state index contributed by atoms with van der Waals surface area (Å²) in [4.78, 5) is 20.5. The van der Waals surface area contributed by atoms with Crippen LogP contribution in [0.5, 0.6) is 0 Å². The Bertz CT molecular complexity index is 968. The molecular weight excluding hydrogens is 405 g/mol. The molecule has 0 spiro atoms. The average Bonchev–Trinajstić information content (AvgIpc) is 3.38. The fourth-order valence-electron chi connectivity index (χ4n) is 5.02. The van der Waals surface area contributed by atoms with Crippen LogP contribution in [0.25, 0.3) is 0 Å².